The molecule has 0 N–H and O–H groups in total. The van der Waals surface area contributed by atoms with Crippen molar-refractivity contribution in [2.75, 3.05) is 13.2 Å². The predicted molar refractivity (Wildman–Crippen MR) is 62.8 cm³/mol. The third kappa shape index (κ3) is 3.15. The summed E-state index contributed by atoms with van der Waals surface area (Å²) in [5.41, 5.74) is 1.24. The lowest BCUT2D eigenvalue weighted by Gasteiger charge is -2.14. The highest BCUT2D eigenvalue weighted by Crippen LogP contribution is 2.32. The minimum Gasteiger partial charge on any atom is -0.490 e. The largest absolute Gasteiger partial charge is 0.490 e. The molecule has 1 rings (SSSR count). The molecule has 0 spiro atoms. The molecule has 0 unspecified atom stereocenters. The van der Waals surface area contributed by atoms with Crippen LogP contribution in [0.3, 0.4) is 0 Å². The van der Waals surface area contributed by atoms with E-state index in [4.69, 9.17) is 9.47 Å². The fourth-order valence-corrected chi connectivity index (χ4v) is 1.60. The Labute approximate surface area is 92.2 Å². The second kappa shape index (κ2) is 6.33. The molecule has 0 radical (unpaired) electrons. The van der Waals surface area contributed by atoms with Crippen molar-refractivity contribution in [2.45, 2.75) is 33.6 Å². The molecule has 0 heterocycles. The molecule has 1 aromatic rings. The maximum Gasteiger partial charge on any atom is 0.164 e. The van der Waals surface area contributed by atoms with Crippen LogP contribution in [0.5, 0.6) is 11.5 Å². The predicted octanol–water partition coefficient (Wildman–Crippen LogP) is 3.44. The van der Waals surface area contributed by atoms with E-state index in [1.54, 1.807) is 0 Å². The van der Waals surface area contributed by atoms with Crippen molar-refractivity contribution in [1.29, 1.82) is 0 Å². The molecule has 0 fully saturated rings. The summed E-state index contributed by atoms with van der Waals surface area (Å²) >= 11 is 0. The Morgan fingerprint density at radius 2 is 1.73 bits per heavy atom. The van der Waals surface area contributed by atoms with Gasteiger partial charge in [-0.1, -0.05) is 25.5 Å². The summed E-state index contributed by atoms with van der Waals surface area (Å²) in [6, 6.07) is 6.10. The average Bonchev–Trinajstić information content (AvgIpc) is 2.23. The Hall–Kier alpha value is -1.18. The van der Waals surface area contributed by atoms with Crippen molar-refractivity contribution < 1.29 is 9.47 Å². The van der Waals surface area contributed by atoms with Crippen LogP contribution >= 0.6 is 0 Å². The van der Waals surface area contributed by atoms with E-state index < -0.39 is 0 Å². The summed E-state index contributed by atoms with van der Waals surface area (Å²) in [6.07, 6.45) is 2.16. The van der Waals surface area contributed by atoms with E-state index in [1.165, 1.54) is 5.56 Å². The van der Waals surface area contributed by atoms with Crippen LogP contribution in [-0.4, -0.2) is 13.2 Å². The SMILES string of the molecule is CCCc1cccc(OCC)c1OCC. The Morgan fingerprint density at radius 1 is 1.00 bits per heavy atom. The molecular weight excluding hydrogens is 188 g/mol. The fourth-order valence-electron chi connectivity index (χ4n) is 1.60. The molecule has 2 heteroatoms. The first kappa shape index (κ1) is 11.9. The number of aryl methyl sites for hydroxylation is 1. The third-order valence-electron chi connectivity index (χ3n) is 2.17. The number of ether oxygens (including phenoxy) is 2. The lowest BCUT2D eigenvalue weighted by molar-refractivity contribution is 0.285. The average molecular weight is 208 g/mol. The van der Waals surface area contributed by atoms with Crippen LogP contribution in [0.4, 0.5) is 0 Å². The van der Waals surface area contributed by atoms with E-state index in [0.717, 1.165) is 24.3 Å². The van der Waals surface area contributed by atoms with E-state index in [0.29, 0.717) is 13.2 Å². The third-order valence-corrected chi connectivity index (χ3v) is 2.17. The van der Waals surface area contributed by atoms with Gasteiger partial charge < -0.3 is 9.47 Å². The topological polar surface area (TPSA) is 18.5 Å². The van der Waals surface area contributed by atoms with Crippen LogP contribution in [0.25, 0.3) is 0 Å². The van der Waals surface area contributed by atoms with E-state index in [2.05, 4.69) is 13.0 Å². The molecule has 0 aliphatic carbocycles. The highest BCUT2D eigenvalue weighted by molar-refractivity contribution is 5.46. The van der Waals surface area contributed by atoms with E-state index in [-0.39, 0.29) is 0 Å². The highest BCUT2D eigenvalue weighted by atomic mass is 16.5. The number of hydrogen-bond donors (Lipinski definition) is 0. The van der Waals surface area contributed by atoms with E-state index in [9.17, 15) is 0 Å². The highest BCUT2D eigenvalue weighted by Gasteiger charge is 2.09. The van der Waals surface area contributed by atoms with Crippen molar-refractivity contribution in [3.05, 3.63) is 23.8 Å². The maximum atomic E-state index is 5.65. The summed E-state index contributed by atoms with van der Waals surface area (Å²) in [4.78, 5) is 0. The smallest absolute Gasteiger partial charge is 0.164 e. The van der Waals surface area contributed by atoms with Gasteiger partial charge in [-0.05, 0) is 31.9 Å². The molecular formula is C13H20O2. The van der Waals surface area contributed by atoms with Gasteiger partial charge in [0.15, 0.2) is 11.5 Å². The lowest BCUT2D eigenvalue weighted by Crippen LogP contribution is -2.01. The van der Waals surface area contributed by atoms with Crippen LogP contribution < -0.4 is 9.47 Å². The van der Waals surface area contributed by atoms with Gasteiger partial charge in [-0.2, -0.15) is 0 Å². The maximum absolute atomic E-state index is 5.65. The van der Waals surface area contributed by atoms with Crippen LogP contribution in [0, 0.1) is 0 Å². The van der Waals surface area contributed by atoms with Gasteiger partial charge in [0, 0.05) is 0 Å². The van der Waals surface area contributed by atoms with Gasteiger partial charge in [0.25, 0.3) is 0 Å². The summed E-state index contributed by atoms with van der Waals surface area (Å²) < 4.78 is 11.2. The second-order valence-electron chi connectivity index (χ2n) is 3.36. The Kier molecular flexibility index (Phi) is 5.02. The minimum atomic E-state index is 0.676. The molecule has 0 saturated heterocycles. The molecule has 0 saturated carbocycles. The Morgan fingerprint density at radius 3 is 2.33 bits per heavy atom. The first-order valence-electron chi connectivity index (χ1n) is 5.70. The molecule has 15 heavy (non-hydrogen) atoms. The monoisotopic (exact) mass is 208 g/mol. The Balaban J connectivity index is 2.97. The molecule has 0 aromatic heterocycles. The van der Waals surface area contributed by atoms with E-state index in [1.807, 2.05) is 26.0 Å². The van der Waals surface area contributed by atoms with Gasteiger partial charge in [-0.3, -0.25) is 0 Å². The van der Waals surface area contributed by atoms with Gasteiger partial charge in [0.05, 0.1) is 13.2 Å². The molecule has 0 aliphatic heterocycles. The summed E-state index contributed by atoms with van der Waals surface area (Å²) in [7, 11) is 0. The minimum absolute atomic E-state index is 0.676. The van der Waals surface area contributed by atoms with Crippen LogP contribution in [0.1, 0.15) is 32.8 Å². The number of para-hydroxylation sites is 1. The van der Waals surface area contributed by atoms with Gasteiger partial charge in [-0.15, -0.1) is 0 Å². The zero-order valence-electron chi connectivity index (χ0n) is 9.88. The quantitative estimate of drug-likeness (QED) is 0.713. The van der Waals surface area contributed by atoms with Gasteiger partial charge >= 0.3 is 0 Å². The second-order valence-corrected chi connectivity index (χ2v) is 3.36. The van der Waals surface area contributed by atoms with Crippen LogP contribution in [-0.2, 0) is 6.42 Å². The normalized spacial score (nSPS) is 10.1. The first-order valence-corrected chi connectivity index (χ1v) is 5.70. The standard InChI is InChI=1S/C13H20O2/c1-4-8-11-9-7-10-12(14-5-2)13(11)15-6-3/h7,9-10H,4-6,8H2,1-3H3. The molecule has 2 nitrogen and oxygen atoms in total. The van der Waals surface area contributed by atoms with Crippen molar-refractivity contribution in [3.63, 3.8) is 0 Å². The molecule has 0 atom stereocenters. The van der Waals surface area contributed by atoms with E-state index >= 15 is 0 Å². The fraction of sp³-hybridized carbons (Fsp3) is 0.538. The van der Waals surface area contributed by atoms with Crippen molar-refractivity contribution in [1.82, 2.24) is 0 Å². The van der Waals surface area contributed by atoms with Crippen molar-refractivity contribution >= 4 is 0 Å². The van der Waals surface area contributed by atoms with Crippen LogP contribution in [0.2, 0.25) is 0 Å². The summed E-state index contributed by atoms with van der Waals surface area (Å²) in [5, 5.41) is 0. The summed E-state index contributed by atoms with van der Waals surface area (Å²) in [5.74, 6) is 1.79. The van der Waals surface area contributed by atoms with Crippen molar-refractivity contribution in [3.8, 4) is 11.5 Å². The zero-order valence-corrected chi connectivity index (χ0v) is 9.88. The van der Waals surface area contributed by atoms with Crippen molar-refractivity contribution in [2.24, 2.45) is 0 Å². The molecule has 0 amide bonds. The van der Waals surface area contributed by atoms with Gasteiger partial charge in [-0.25, -0.2) is 0 Å². The number of hydrogen-bond acceptors (Lipinski definition) is 2. The van der Waals surface area contributed by atoms with Crippen LogP contribution in [0.15, 0.2) is 18.2 Å². The van der Waals surface area contributed by atoms with Gasteiger partial charge in [0.1, 0.15) is 0 Å². The zero-order chi connectivity index (χ0) is 11.1. The first-order chi connectivity index (χ1) is 7.33. The molecule has 0 aliphatic rings. The van der Waals surface area contributed by atoms with Gasteiger partial charge in [0.2, 0.25) is 0 Å². The Bertz CT molecular complexity index is 270. The molecule has 0 bridgehead atoms. The lowest BCUT2D eigenvalue weighted by atomic mass is 10.1. The summed E-state index contributed by atoms with van der Waals surface area (Å²) in [6.45, 7) is 7.51. The number of benzene rings is 1. The molecule has 1 aromatic carbocycles. The number of rotatable bonds is 6. The molecule has 84 valence electrons.